The molecule has 5 rings (SSSR count). The first-order valence-corrected chi connectivity index (χ1v) is 11.1. The second kappa shape index (κ2) is 9.86. The number of imidazole rings is 1. The number of aromatic nitrogens is 4. The number of rotatable bonds is 9. The number of ether oxygens (including phenoxy) is 3. The van der Waals surface area contributed by atoms with E-state index in [2.05, 4.69) is 15.4 Å². The van der Waals surface area contributed by atoms with Gasteiger partial charge in [0, 0.05) is 24.8 Å². The molecule has 0 unspecified atom stereocenters. The third kappa shape index (κ3) is 4.67. The molecule has 3 aromatic heterocycles. The number of fused-ring (bicyclic) bond motifs is 2. The molecule has 0 saturated carbocycles. The maximum absolute atomic E-state index is 13.1. The molecule has 0 aliphatic heterocycles. The number of anilines is 1. The molecule has 1 N–H and O–H groups in total. The molecular weight excluding hydrogens is 446 g/mol. The number of carbonyl (C=O) groups excluding carboxylic acids is 1. The van der Waals surface area contributed by atoms with Gasteiger partial charge in [0.1, 0.15) is 29.4 Å². The van der Waals surface area contributed by atoms with Gasteiger partial charge in [-0.1, -0.05) is 18.2 Å². The molecule has 0 bridgehead atoms. The Balaban J connectivity index is 1.36. The van der Waals surface area contributed by atoms with Crippen molar-refractivity contribution in [2.75, 3.05) is 32.8 Å². The SMILES string of the molecule is COCCOc1ccn2c(C(=O)Nc3cccc4c3cnn4Cc3cccc(OC)c3)cnc2c1. The van der Waals surface area contributed by atoms with Crippen molar-refractivity contribution in [3.8, 4) is 11.5 Å². The lowest BCUT2D eigenvalue weighted by molar-refractivity contribution is 0.102. The third-order valence-electron chi connectivity index (χ3n) is 5.68. The Morgan fingerprint density at radius 1 is 1.00 bits per heavy atom. The average molecular weight is 472 g/mol. The number of methoxy groups -OCH3 is 2. The topological polar surface area (TPSA) is 91.9 Å². The quantitative estimate of drug-likeness (QED) is 0.327. The van der Waals surface area contributed by atoms with Crippen molar-refractivity contribution < 1.29 is 19.0 Å². The Bertz CT molecular complexity index is 1490. The Labute approximate surface area is 201 Å². The van der Waals surface area contributed by atoms with Crippen LogP contribution in [0.15, 0.2) is 73.2 Å². The Morgan fingerprint density at radius 2 is 1.89 bits per heavy atom. The number of pyridine rings is 1. The smallest absolute Gasteiger partial charge is 0.274 e. The van der Waals surface area contributed by atoms with Crippen molar-refractivity contribution in [1.29, 1.82) is 0 Å². The van der Waals surface area contributed by atoms with Crippen LogP contribution in [0.25, 0.3) is 16.6 Å². The van der Waals surface area contributed by atoms with Crippen LogP contribution in [0, 0.1) is 0 Å². The van der Waals surface area contributed by atoms with Crippen LogP contribution in [0.5, 0.6) is 11.5 Å². The first-order valence-electron chi connectivity index (χ1n) is 11.1. The monoisotopic (exact) mass is 471 g/mol. The molecule has 0 saturated heterocycles. The fraction of sp³-hybridized carbons (Fsp3) is 0.192. The molecule has 0 radical (unpaired) electrons. The summed E-state index contributed by atoms with van der Waals surface area (Å²) in [6, 6.07) is 17.2. The summed E-state index contributed by atoms with van der Waals surface area (Å²) < 4.78 is 19.6. The average Bonchev–Trinajstić information content (AvgIpc) is 3.49. The van der Waals surface area contributed by atoms with Gasteiger partial charge in [-0.3, -0.25) is 13.9 Å². The summed E-state index contributed by atoms with van der Waals surface area (Å²) in [5.41, 5.74) is 3.71. The van der Waals surface area contributed by atoms with Gasteiger partial charge in [-0.25, -0.2) is 4.98 Å². The van der Waals surface area contributed by atoms with E-state index >= 15 is 0 Å². The molecule has 9 nitrogen and oxygen atoms in total. The first kappa shape index (κ1) is 22.4. The van der Waals surface area contributed by atoms with E-state index in [0.717, 1.165) is 22.2 Å². The van der Waals surface area contributed by atoms with Crippen LogP contribution in [0.2, 0.25) is 0 Å². The van der Waals surface area contributed by atoms with Gasteiger partial charge in [-0.15, -0.1) is 0 Å². The predicted molar refractivity (Wildman–Crippen MR) is 132 cm³/mol. The molecule has 5 aromatic rings. The minimum atomic E-state index is -0.265. The number of nitrogens with one attached hydrogen (secondary N) is 1. The van der Waals surface area contributed by atoms with Gasteiger partial charge < -0.3 is 19.5 Å². The number of nitrogens with zero attached hydrogens (tertiary/aromatic N) is 4. The lowest BCUT2D eigenvalue weighted by atomic mass is 10.2. The summed E-state index contributed by atoms with van der Waals surface area (Å²) in [6.45, 7) is 1.52. The van der Waals surface area contributed by atoms with E-state index in [9.17, 15) is 4.79 Å². The van der Waals surface area contributed by atoms with Gasteiger partial charge in [0.25, 0.3) is 5.91 Å². The molecule has 0 spiro atoms. The normalized spacial score (nSPS) is 11.1. The number of hydrogen-bond donors (Lipinski definition) is 1. The number of amides is 1. The maximum Gasteiger partial charge on any atom is 0.274 e. The minimum absolute atomic E-state index is 0.265. The Morgan fingerprint density at radius 3 is 2.74 bits per heavy atom. The summed E-state index contributed by atoms with van der Waals surface area (Å²) in [5, 5.41) is 8.41. The Kier molecular flexibility index (Phi) is 6.32. The number of hydrogen-bond acceptors (Lipinski definition) is 6. The van der Waals surface area contributed by atoms with E-state index < -0.39 is 0 Å². The number of benzene rings is 2. The van der Waals surface area contributed by atoms with Crippen LogP contribution in [0.4, 0.5) is 5.69 Å². The van der Waals surface area contributed by atoms with E-state index in [1.807, 2.05) is 47.1 Å². The van der Waals surface area contributed by atoms with Crippen LogP contribution in [-0.4, -0.2) is 52.5 Å². The highest BCUT2D eigenvalue weighted by Crippen LogP contribution is 2.25. The highest BCUT2D eigenvalue weighted by molar-refractivity contribution is 6.08. The standard InChI is InChI=1S/C26H25N5O4/c1-33-11-12-35-20-9-10-30-24(16-27-25(30)14-20)26(32)29-22-7-4-8-23-21(22)15-28-31(23)17-18-5-3-6-19(13-18)34-2/h3-10,13-16H,11-12,17H2,1-2H3,(H,29,32). The van der Waals surface area contributed by atoms with E-state index in [0.29, 0.717) is 42.5 Å². The molecule has 1 amide bonds. The van der Waals surface area contributed by atoms with Crippen LogP contribution >= 0.6 is 0 Å². The fourth-order valence-electron chi connectivity index (χ4n) is 3.93. The lowest BCUT2D eigenvalue weighted by Gasteiger charge is -2.09. The molecule has 35 heavy (non-hydrogen) atoms. The van der Waals surface area contributed by atoms with Crippen molar-refractivity contribution in [2.24, 2.45) is 0 Å². The van der Waals surface area contributed by atoms with Crippen molar-refractivity contribution in [3.05, 3.63) is 84.4 Å². The molecule has 0 fully saturated rings. The van der Waals surface area contributed by atoms with E-state index in [-0.39, 0.29) is 5.91 Å². The van der Waals surface area contributed by atoms with Gasteiger partial charge >= 0.3 is 0 Å². The van der Waals surface area contributed by atoms with Gasteiger partial charge in [0.2, 0.25) is 0 Å². The number of carbonyl (C=O) groups is 1. The van der Waals surface area contributed by atoms with Crippen LogP contribution < -0.4 is 14.8 Å². The van der Waals surface area contributed by atoms with Crippen molar-refractivity contribution in [2.45, 2.75) is 6.54 Å². The molecule has 0 aliphatic rings. The minimum Gasteiger partial charge on any atom is -0.497 e. The molecular formula is C26H25N5O4. The van der Waals surface area contributed by atoms with Gasteiger partial charge in [0.15, 0.2) is 0 Å². The summed E-state index contributed by atoms with van der Waals surface area (Å²) in [7, 11) is 3.27. The van der Waals surface area contributed by atoms with E-state index in [1.54, 1.807) is 49.3 Å². The second-order valence-electron chi connectivity index (χ2n) is 7.92. The van der Waals surface area contributed by atoms with Crippen LogP contribution in [0.3, 0.4) is 0 Å². The van der Waals surface area contributed by atoms with Gasteiger partial charge in [-0.05, 0) is 35.9 Å². The van der Waals surface area contributed by atoms with Crippen molar-refractivity contribution >= 4 is 28.1 Å². The molecule has 178 valence electrons. The molecule has 2 aromatic carbocycles. The zero-order valence-corrected chi connectivity index (χ0v) is 19.5. The second-order valence-corrected chi connectivity index (χ2v) is 7.92. The third-order valence-corrected chi connectivity index (χ3v) is 5.68. The maximum atomic E-state index is 13.1. The Hall–Kier alpha value is -4.37. The molecule has 0 atom stereocenters. The largest absolute Gasteiger partial charge is 0.497 e. The zero-order chi connectivity index (χ0) is 24.2. The highest BCUT2D eigenvalue weighted by atomic mass is 16.5. The summed E-state index contributed by atoms with van der Waals surface area (Å²) in [6.07, 6.45) is 5.09. The summed E-state index contributed by atoms with van der Waals surface area (Å²) in [4.78, 5) is 17.5. The molecule has 9 heteroatoms. The van der Waals surface area contributed by atoms with E-state index in [1.165, 1.54) is 0 Å². The molecule has 0 aliphatic carbocycles. The van der Waals surface area contributed by atoms with E-state index in [4.69, 9.17) is 14.2 Å². The van der Waals surface area contributed by atoms with Gasteiger partial charge in [0.05, 0.1) is 43.9 Å². The fourth-order valence-corrected chi connectivity index (χ4v) is 3.93. The first-order chi connectivity index (χ1) is 17.2. The van der Waals surface area contributed by atoms with Crippen molar-refractivity contribution in [1.82, 2.24) is 19.2 Å². The molecule has 3 heterocycles. The van der Waals surface area contributed by atoms with Crippen LogP contribution in [-0.2, 0) is 11.3 Å². The van der Waals surface area contributed by atoms with Gasteiger partial charge in [-0.2, -0.15) is 5.10 Å². The summed E-state index contributed by atoms with van der Waals surface area (Å²) >= 11 is 0. The van der Waals surface area contributed by atoms with Crippen molar-refractivity contribution in [3.63, 3.8) is 0 Å². The zero-order valence-electron chi connectivity index (χ0n) is 19.5. The lowest BCUT2D eigenvalue weighted by Crippen LogP contribution is -2.14. The predicted octanol–water partition coefficient (Wildman–Crippen LogP) is 4.02. The van der Waals surface area contributed by atoms with Crippen LogP contribution in [0.1, 0.15) is 16.1 Å². The summed E-state index contributed by atoms with van der Waals surface area (Å²) in [5.74, 6) is 1.20. The highest BCUT2D eigenvalue weighted by Gasteiger charge is 2.15.